The van der Waals surface area contributed by atoms with Gasteiger partial charge in [-0.2, -0.15) is 0 Å². The Kier molecular flexibility index (Phi) is 4.90. The van der Waals surface area contributed by atoms with Crippen LogP contribution in [-0.2, 0) is 0 Å². The first-order valence-electron chi connectivity index (χ1n) is 5.97. The van der Waals surface area contributed by atoms with Gasteiger partial charge in [0.15, 0.2) is 0 Å². The van der Waals surface area contributed by atoms with E-state index in [1.807, 2.05) is 32.2 Å². The fourth-order valence-electron chi connectivity index (χ4n) is 1.59. The summed E-state index contributed by atoms with van der Waals surface area (Å²) in [6.45, 7) is 6.73. The Labute approximate surface area is 97.9 Å². The highest BCUT2D eigenvalue weighted by Gasteiger charge is 2.22. The van der Waals surface area contributed by atoms with Crippen LogP contribution >= 0.6 is 0 Å². The van der Waals surface area contributed by atoms with Crippen molar-refractivity contribution in [3.05, 3.63) is 30.1 Å². The van der Waals surface area contributed by atoms with E-state index in [2.05, 4.69) is 17.2 Å². The molecule has 0 amide bonds. The van der Waals surface area contributed by atoms with E-state index in [4.69, 9.17) is 0 Å². The van der Waals surface area contributed by atoms with E-state index in [0.29, 0.717) is 6.54 Å². The summed E-state index contributed by atoms with van der Waals surface area (Å²) in [5.74, 6) is 0. The molecule has 1 aromatic heterocycles. The highest BCUT2D eigenvalue weighted by molar-refractivity contribution is 5.12. The fourth-order valence-corrected chi connectivity index (χ4v) is 1.59. The number of aromatic nitrogens is 1. The molecule has 3 heteroatoms. The molecule has 16 heavy (non-hydrogen) atoms. The Bertz CT molecular complexity index is 296. The molecular formula is C13H22N2O. The Hall–Kier alpha value is -0.930. The van der Waals surface area contributed by atoms with E-state index in [-0.39, 0.29) is 6.04 Å². The zero-order valence-corrected chi connectivity index (χ0v) is 10.4. The Morgan fingerprint density at radius 2 is 2.12 bits per heavy atom. The van der Waals surface area contributed by atoms with Crippen LogP contribution in [0.1, 0.15) is 45.2 Å². The summed E-state index contributed by atoms with van der Waals surface area (Å²) in [4.78, 5) is 4.09. The second kappa shape index (κ2) is 5.97. The molecule has 2 N–H and O–H groups in total. The second-order valence-electron chi connectivity index (χ2n) is 4.32. The average Bonchev–Trinajstić information content (AvgIpc) is 2.36. The van der Waals surface area contributed by atoms with Gasteiger partial charge < -0.3 is 10.4 Å². The molecule has 3 nitrogen and oxygen atoms in total. The van der Waals surface area contributed by atoms with Crippen LogP contribution in [0.5, 0.6) is 0 Å². The molecule has 90 valence electrons. The lowest BCUT2D eigenvalue weighted by Crippen LogP contribution is -2.40. The van der Waals surface area contributed by atoms with E-state index >= 15 is 0 Å². The highest BCUT2D eigenvalue weighted by Crippen LogP contribution is 2.16. The highest BCUT2D eigenvalue weighted by atomic mass is 16.3. The van der Waals surface area contributed by atoms with Crippen molar-refractivity contribution in [2.45, 2.75) is 45.3 Å². The van der Waals surface area contributed by atoms with Crippen molar-refractivity contribution in [1.29, 1.82) is 0 Å². The molecule has 1 unspecified atom stereocenters. The quantitative estimate of drug-likeness (QED) is 0.776. The zero-order valence-electron chi connectivity index (χ0n) is 10.4. The molecule has 0 aliphatic carbocycles. The Morgan fingerprint density at radius 1 is 1.44 bits per heavy atom. The third-order valence-corrected chi connectivity index (χ3v) is 3.24. The molecule has 1 atom stereocenters. The van der Waals surface area contributed by atoms with Crippen LogP contribution in [0.2, 0.25) is 0 Å². The Balaban J connectivity index is 2.50. The molecule has 1 aromatic rings. The van der Waals surface area contributed by atoms with Gasteiger partial charge in [-0.05, 0) is 31.4 Å². The monoisotopic (exact) mass is 222 g/mol. The summed E-state index contributed by atoms with van der Waals surface area (Å²) in [5.41, 5.74) is 0.563. The van der Waals surface area contributed by atoms with Gasteiger partial charge in [0, 0.05) is 25.0 Å². The number of hydrogen-bond donors (Lipinski definition) is 2. The topological polar surface area (TPSA) is 45.1 Å². The number of pyridine rings is 1. The lowest BCUT2D eigenvalue weighted by molar-refractivity contribution is 0.0303. The normalized spacial score (nSPS) is 13.8. The van der Waals surface area contributed by atoms with Crippen LogP contribution in [0.3, 0.4) is 0 Å². The molecule has 0 saturated carbocycles. The van der Waals surface area contributed by atoms with E-state index in [9.17, 15) is 5.11 Å². The van der Waals surface area contributed by atoms with Gasteiger partial charge in [-0.15, -0.1) is 0 Å². The number of nitrogens with one attached hydrogen (secondary N) is 1. The van der Waals surface area contributed by atoms with Gasteiger partial charge in [0.2, 0.25) is 0 Å². The first-order chi connectivity index (χ1) is 7.61. The minimum Gasteiger partial charge on any atom is -0.389 e. The predicted octanol–water partition coefficient (Wildman–Crippen LogP) is 2.28. The van der Waals surface area contributed by atoms with E-state index in [1.54, 1.807) is 6.20 Å². The predicted molar refractivity (Wildman–Crippen MR) is 66.2 cm³/mol. The molecular weight excluding hydrogens is 200 g/mol. The molecule has 1 heterocycles. The van der Waals surface area contributed by atoms with Crippen LogP contribution in [0.25, 0.3) is 0 Å². The molecule has 0 radical (unpaired) electrons. The number of hydrogen-bond acceptors (Lipinski definition) is 3. The zero-order chi connectivity index (χ0) is 12.0. The molecule has 0 saturated heterocycles. The lowest BCUT2D eigenvalue weighted by atomic mass is 9.97. The smallest absolute Gasteiger partial charge is 0.0766 e. The minimum absolute atomic E-state index is 0.221. The van der Waals surface area contributed by atoms with E-state index < -0.39 is 5.60 Å². The summed E-state index contributed by atoms with van der Waals surface area (Å²) in [6.07, 6.45) is 5.17. The standard InChI is InChI=1S/C13H22N2O/c1-4-13(16,5-2)10-15-11(3)12-7-6-8-14-9-12/h6-9,11,15-16H,4-5,10H2,1-3H3. The van der Waals surface area contributed by atoms with Crippen molar-refractivity contribution < 1.29 is 5.11 Å². The summed E-state index contributed by atoms with van der Waals surface area (Å²) < 4.78 is 0. The van der Waals surface area contributed by atoms with Gasteiger partial charge >= 0.3 is 0 Å². The van der Waals surface area contributed by atoms with Crippen LogP contribution < -0.4 is 5.32 Å². The summed E-state index contributed by atoms with van der Waals surface area (Å²) in [7, 11) is 0. The second-order valence-corrected chi connectivity index (χ2v) is 4.32. The van der Waals surface area contributed by atoms with Gasteiger partial charge in [0.25, 0.3) is 0 Å². The van der Waals surface area contributed by atoms with Crippen molar-refractivity contribution in [3.8, 4) is 0 Å². The van der Waals surface area contributed by atoms with Crippen molar-refractivity contribution >= 4 is 0 Å². The minimum atomic E-state index is -0.587. The van der Waals surface area contributed by atoms with E-state index in [0.717, 1.165) is 18.4 Å². The molecule has 0 aromatic carbocycles. The van der Waals surface area contributed by atoms with Crippen molar-refractivity contribution in [2.24, 2.45) is 0 Å². The van der Waals surface area contributed by atoms with Crippen LogP contribution in [-0.4, -0.2) is 22.2 Å². The Morgan fingerprint density at radius 3 is 2.62 bits per heavy atom. The molecule has 0 aliphatic rings. The molecule has 1 rings (SSSR count). The molecule has 0 fully saturated rings. The third kappa shape index (κ3) is 3.58. The largest absolute Gasteiger partial charge is 0.389 e. The number of rotatable bonds is 6. The number of aliphatic hydroxyl groups is 1. The maximum atomic E-state index is 10.1. The SMILES string of the molecule is CCC(O)(CC)CNC(C)c1cccnc1. The average molecular weight is 222 g/mol. The molecule has 0 spiro atoms. The van der Waals surface area contributed by atoms with Crippen molar-refractivity contribution in [2.75, 3.05) is 6.54 Å². The molecule has 0 bridgehead atoms. The third-order valence-electron chi connectivity index (χ3n) is 3.24. The van der Waals surface area contributed by atoms with Gasteiger partial charge in [-0.3, -0.25) is 4.98 Å². The van der Waals surface area contributed by atoms with E-state index in [1.165, 1.54) is 0 Å². The number of nitrogens with zero attached hydrogens (tertiary/aromatic N) is 1. The fraction of sp³-hybridized carbons (Fsp3) is 0.615. The van der Waals surface area contributed by atoms with Crippen LogP contribution in [0.15, 0.2) is 24.5 Å². The van der Waals surface area contributed by atoms with Crippen LogP contribution in [0, 0.1) is 0 Å². The van der Waals surface area contributed by atoms with Gasteiger partial charge in [0.1, 0.15) is 0 Å². The summed E-state index contributed by atoms with van der Waals surface area (Å²) >= 11 is 0. The molecule has 0 aliphatic heterocycles. The van der Waals surface area contributed by atoms with Gasteiger partial charge in [0.05, 0.1) is 5.60 Å². The lowest BCUT2D eigenvalue weighted by Gasteiger charge is -2.27. The first kappa shape index (κ1) is 13.1. The van der Waals surface area contributed by atoms with Gasteiger partial charge in [-0.25, -0.2) is 0 Å². The van der Waals surface area contributed by atoms with Gasteiger partial charge in [-0.1, -0.05) is 19.9 Å². The first-order valence-corrected chi connectivity index (χ1v) is 5.97. The van der Waals surface area contributed by atoms with Crippen LogP contribution in [0.4, 0.5) is 0 Å². The maximum Gasteiger partial charge on any atom is 0.0766 e. The summed E-state index contributed by atoms with van der Waals surface area (Å²) in [5, 5.41) is 13.5. The maximum absolute atomic E-state index is 10.1. The van der Waals surface area contributed by atoms with Crippen molar-refractivity contribution in [1.82, 2.24) is 10.3 Å². The summed E-state index contributed by atoms with van der Waals surface area (Å²) in [6, 6.07) is 4.19. The van der Waals surface area contributed by atoms with Crippen molar-refractivity contribution in [3.63, 3.8) is 0 Å².